The average molecular weight is 149 g/mol. The third kappa shape index (κ3) is 1.80. The zero-order valence-electron chi connectivity index (χ0n) is 6.58. The van der Waals surface area contributed by atoms with Gasteiger partial charge in [-0.1, -0.05) is 30.8 Å². The zero-order valence-corrected chi connectivity index (χ0v) is 6.58. The first kappa shape index (κ1) is 7.79. The smallest absolute Gasteiger partial charge is 0.166 e. The Bertz CT molecular complexity index is 260. The number of rotatable bonds is 3. The van der Waals surface area contributed by atoms with Crippen LogP contribution in [0.5, 0.6) is 0 Å². The lowest BCUT2D eigenvalue weighted by atomic mass is 10.2. The SMILES string of the molecule is C=Cc1cnoc1/C=C\CC. The predicted octanol–water partition coefficient (Wildman–Crippen LogP) is 2.74. The first-order valence-electron chi connectivity index (χ1n) is 3.62. The molecule has 0 spiro atoms. The summed E-state index contributed by atoms with van der Waals surface area (Å²) in [5.74, 6) is 0.779. The molecule has 0 radical (unpaired) electrons. The van der Waals surface area contributed by atoms with Crippen LogP contribution in [0.15, 0.2) is 23.4 Å². The number of nitrogens with zero attached hydrogens (tertiary/aromatic N) is 1. The molecule has 2 nitrogen and oxygen atoms in total. The van der Waals surface area contributed by atoms with E-state index in [9.17, 15) is 0 Å². The molecule has 2 heteroatoms. The Balaban J connectivity index is 2.84. The lowest BCUT2D eigenvalue weighted by Crippen LogP contribution is -1.68. The minimum absolute atomic E-state index is 0.779. The molecule has 11 heavy (non-hydrogen) atoms. The third-order valence-electron chi connectivity index (χ3n) is 1.35. The average Bonchev–Trinajstić information content (AvgIpc) is 2.47. The summed E-state index contributed by atoms with van der Waals surface area (Å²) < 4.78 is 4.95. The highest BCUT2D eigenvalue weighted by Crippen LogP contribution is 2.10. The largest absolute Gasteiger partial charge is 0.356 e. The summed E-state index contributed by atoms with van der Waals surface area (Å²) in [5, 5.41) is 3.65. The van der Waals surface area contributed by atoms with Crippen molar-refractivity contribution >= 4 is 12.2 Å². The van der Waals surface area contributed by atoms with Crippen LogP contribution in [0.3, 0.4) is 0 Å². The summed E-state index contributed by atoms with van der Waals surface area (Å²) in [5.41, 5.74) is 0.940. The van der Waals surface area contributed by atoms with Crippen LogP contribution in [0.1, 0.15) is 24.7 Å². The minimum Gasteiger partial charge on any atom is -0.356 e. The van der Waals surface area contributed by atoms with E-state index >= 15 is 0 Å². The Labute approximate surface area is 66.2 Å². The topological polar surface area (TPSA) is 26.0 Å². The van der Waals surface area contributed by atoms with Gasteiger partial charge in [0.25, 0.3) is 0 Å². The summed E-state index contributed by atoms with van der Waals surface area (Å²) in [4.78, 5) is 0. The molecule has 0 bridgehead atoms. The Hall–Kier alpha value is -1.31. The molecule has 0 atom stereocenters. The maximum Gasteiger partial charge on any atom is 0.166 e. The molecule has 1 rings (SSSR count). The fourth-order valence-corrected chi connectivity index (χ4v) is 0.761. The van der Waals surface area contributed by atoms with Crippen LogP contribution >= 0.6 is 0 Å². The molecule has 0 aliphatic heterocycles. The van der Waals surface area contributed by atoms with Gasteiger partial charge in [-0.2, -0.15) is 0 Å². The van der Waals surface area contributed by atoms with Crippen LogP contribution in [0.2, 0.25) is 0 Å². The molecule has 0 amide bonds. The van der Waals surface area contributed by atoms with E-state index in [1.54, 1.807) is 12.3 Å². The van der Waals surface area contributed by atoms with Crippen LogP contribution < -0.4 is 0 Å². The van der Waals surface area contributed by atoms with E-state index in [2.05, 4.69) is 18.7 Å². The van der Waals surface area contributed by atoms with E-state index in [-0.39, 0.29) is 0 Å². The second-order valence-electron chi connectivity index (χ2n) is 2.16. The zero-order chi connectivity index (χ0) is 8.10. The van der Waals surface area contributed by atoms with Gasteiger partial charge in [0.2, 0.25) is 0 Å². The van der Waals surface area contributed by atoms with Gasteiger partial charge >= 0.3 is 0 Å². The van der Waals surface area contributed by atoms with Gasteiger partial charge in [-0.25, -0.2) is 0 Å². The van der Waals surface area contributed by atoms with Crippen LogP contribution in [0, 0.1) is 0 Å². The first-order chi connectivity index (χ1) is 5.38. The molecule has 1 aromatic heterocycles. The van der Waals surface area contributed by atoms with Crippen molar-refractivity contribution in [3.63, 3.8) is 0 Å². The molecule has 0 aliphatic carbocycles. The van der Waals surface area contributed by atoms with Crippen molar-refractivity contribution in [2.75, 3.05) is 0 Å². The van der Waals surface area contributed by atoms with Crippen LogP contribution in [0.4, 0.5) is 0 Å². The van der Waals surface area contributed by atoms with E-state index in [0.717, 1.165) is 17.7 Å². The first-order valence-corrected chi connectivity index (χ1v) is 3.62. The fraction of sp³-hybridized carbons (Fsp3) is 0.222. The molecular weight excluding hydrogens is 138 g/mol. The lowest BCUT2D eigenvalue weighted by molar-refractivity contribution is 0.412. The summed E-state index contributed by atoms with van der Waals surface area (Å²) in [6, 6.07) is 0. The number of allylic oxidation sites excluding steroid dienone is 1. The molecule has 0 saturated heterocycles. The van der Waals surface area contributed by atoms with E-state index in [1.807, 2.05) is 12.2 Å². The van der Waals surface area contributed by atoms with Crippen LogP contribution in [-0.2, 0) is 0 Å². The predicted molar refractivity (Wildman–Crippen MR) is 45.9 cm³/mol. The van der Waals surface area contributed by atoms with Crippen molar-refractivity contribution in [1.82, 2.24) is 5.16 Å². The highest BCUT2D eigenvalue weighted by Gasteiger charge is 1.98. The maximum absolute atomic E-state index is 4.95. The summed E-state index contributed by atoms with van der Waals surface area (Å²) in [6.45, 7) is 5.71. The fourth-order valence-electron chi connectivity index (χ4n) is 0.761. The molecule has 1 aromatic rings. The Morgan fingerprint density at radius 3 is 3.18 bits per heavy atom. The van der Waals surface area contributed by atoms with E-state index < -0.39 is 0 Å². The highest BCUT2D eigenvalue weighted by atomic mass is 16.5. The minimum atomic E-state index is 0.779. The van der Waals surface area contributed by atoms with E-state index in [4.69, 9.17) is 4.52 Å². The number of aromatic nitrogens is 1. The Morgan fingerprint density at radius 2 is 2.55 bits per heavy atom. The molecule has 0 aromatic carbocycles. The molecular formula is C9H11NO. The summed E-state index contributed by atoms with van der Waals surface area (Å²) in [7, 11) is 0. The van der Waals surface area contributed by atoms with Crippen molar-refractivity contribution in [1.29, 1.82) is 0 Å². The Morgan fingerprint density at radius 1 is 1.73 bits per heavy atom. The third-order valence-corrected chi connectivity index (χ3v) is 1.35. The molecule has 0 saturated carbocycles. The maximum atomic E-state index is 4.95. The van der Waals surface area contributed by atoms with Gasteiger partial charge in [0.15, 0.2) is 5.76 Å². The quantitative estimate of drug-likeness (QED) is 0.660. The lowest BCUT2D eigenvalue weighted by Gasteiger charge is -1.84. The monoisotopic (exact) mass is 149 g/mol. The normalized spacial score (nSPS) is 10.6. The van der Waals surface area contributed by atoms with Gasteiger partial charge < -0.3 is 4.52 Å². The van der Waals surface area contributed by atoms with Gasteiger partial charge in [0, 0.05) is 5.56 Å². The van der Waals surface area contributed by atoms with E-state index in [1.165, 1.54) is 0 Å². The van der Waals surface area contributed by atoms with Gasteiger partial charge in [0.05, 0.1) is 6.20 Å². The standard InChI is InChI=1S/C9H11NO/c1-3-5-6-9-8(4-2)7-10-11-9/h4-7H,2-3H2,1H3/b6-5-. The molecule has 0 fully saturated rings. The molecule has 0 unspecified atom stereocenters. The van der Waals surface area contributed by atoms with Crippen molar-refractivity contribution in [3.05, 3.63) is 30.2 Å². The van der Waals surface area contributed by atoms with Crippen LogP contribution in [0.25, 0.3) is 12.2 Å². The van der Waals surface area contributed by atoms with E-state index in [0.29, 0.717) is 0 Å². The second-order valence-corrected chi connectivity index (χ2v) is 2.16. The van der Waals surface area contributed by atoms with Gasteiger partial charge in [0.1, 0.15) is 0 Å². The second kappa shape index (κ2) is 3.76. The van der Waals surface area contributed by atoms with Crippen LogP contribution in [-0.4, -0.2) is 5.16 Å². The summed E-state index contributed by atoms with van der Waals surface area (Å²) in [6.07, 6.45) is 8.31. The molecule has 1 heterocycles. The van der Waals surface area contributed by atoms with Gasteiger partial charge in [-0.3, -0.25) is 0 Å². The Kier molecular flexibility index (Phi) is 2.66. The molecule has 0 N–H and O–H groups in total. The van der Waals surface area contributed by atoms with Crippen molar-refractivity contribution in [3.8, 4) is 0 Å². The van der Waals surface area contributed by atoms with Gasteiger partial charge in [-0.05, 0) is 12.5 Å². The van der Waals surface area contributed by atoms with Crippen molar-refractivity contribution in [2.24, 2.45) is 0 Å². The number of hydrogen-bond acceptors (Lipinski definition) is 2. The highest BCUT2D eigenvalue weighted by molar-refractivity contribution is 5.58. The van der Waals surface area contributed by atoms with Gasteiger partial charge in [-0.15, -0.1) is 0 Å². The number of hydrogen-bond donors (Lipinski definition) is 0. The molecule has 0 aliphatic rings. The summed E-state index contributed by atoms with van der Waals surface area (Å²) >= 11 is 0. The van der Waals surface area contributed by atoms with Crippen molar-refractivity contribution in [2.45, 2.75) is 13.3 Å². The molecule has 58 valence electrons. The van der Waals surface area contributed by atoms with Crippen molar-refractivity contribution < 1.29 is 4.52 Å².